The fourth-order valence-electron chi connectivity index (χ4n) is 1.70. The van der Waals surface area contributed by atoms with Crippen LogP contribution in [0.25, 0.3) is 0 Å². The molecular weight excluding hydrogens is 292 g/mol. The molecule has 0 fully saturated rings. The van der Waals surface area contributed by atoms with Crippen LogP contribution in [0.3, 0.4) is 0 Å². The first-order chi connectivity index (χ1) is 8.47. The molecule has 0 heterocycles. The molecule has 0 aliphatic heterocycles. The van der Waals surface area contributed by atoms with Crippen molar-refractivity contribution in [2.75, 3.05) is 7.05 Å². The molecule has 0 aromatic heterocycles. The van der Waals surface area contributed by atoms with Crippen molar-refractivity contribution in [3.63, 3.8) is 0 Å². The van der Waals surface area contributed by atoms with Crippen molar-refractivity contribution in [3.05, 3.63) is 34.3 Å². The summed E-state index contributed by atoms with van der Waals surface area (Å²) in [6.45, 7) is 3.83. The van der Waals surface area contributed by atoms with E-state index in [1.54, 1.807) is 0 Å². The van der Waals surface area contributed by atoms with Gasteiger partial charge in [-0.05, 0) is 33.0 Å². The Hall–Kier alpha value is -1.18. The zero-order valence-electron chi connectivity index (χ0n) is 10.9. The van der Waals surface area contributed by atoms with Crippen LogP contribution in [0.15, 0.2) is 28.7 Å². The summed E-state index contributed by atoms with van der Waals surface area (Å²) in [4.78, 5) is 14.2. The van der Waals surface area contributed by atoms with E-state index in [2.05, 4.69) is 22.0 Å². The normalized spacial score (nSPS) is 14.0. The quantitative estimate of drug-likeness (QED) is 0.784. The fourth-order valence-corrected chi connectivity index (χ4v) is 1.96. The highest BCUT2D eigenvalue weighted by Crippen LogP contribution is 2.15. The molecule has 18 heavy (non-hydrogen) atoms. The zero-order valence-corrected chi connectivity index (χ0v) is 12.4. The molecule has 3 nitrogen and oxygen atoms in total. The van der Waals surface area contributed by atoms with Crippen LogP contribution in [0.4, 0.5) is 0 Å². The lowest BCUT2D eigenvalue weighted by Gasteiger charge is -2.28. The van der Waals surface area contributed by atoms with Crippen molar-refractivity contribution in [2.45, 2.75) is 32.4 Å². The van der Waals surface area contributed by atoms with E-state index in [4.69, 9.17) is 5.26 Å². The third-order valence-corrected chi connectivity index (χ3v) is 3.73. The number of hydrogen-bond donors (Lipinski definition) is 0. The Morgan fingerprint density at radius 2 is 1.94 bits per heavy atom. The van der Waals surface area contributed by atoms with E-state index in [1.165, 1.54) is 0 Å². The standard InChI is InChI=1S/C14H17BrN2O/c1-10(8-9-16)17(3)11(2)14(18)12-4-6-13(15)7-5-12/h4-7,10-11H,8H2,1-3H3. The van der Waals surface area contributed by atoms with Crippen LogP contribution in [0.2, 0.25) is 0 Å². The molecule has 1 aromatic carbocycles. The van der Waals surface area contributed by atoms with E-state index >= 15 is 0 Å². The molecule has 0 bridgehead atoms. The molecule has 0 radical (unpaired) electrons. The van der Waals surface area contributed by atoms with E-state index in [0.717, 1.165) is 4.47 Å². The van der Waals surface area contributed by atoms with E-state index in [-0.39, 0.29) is 17.9 Å². The van der Waals surface area contributed by atoms with Gasteiger partial charge >= 0.3 is 0 Å². The average Bonchev–Trinajstić information content (AvgIpc) is 2.37. The van der Waals surface area contributed by atoms with Crippen molar-refractivity contribution in [1.29, 1.82) is 5.26 Å². The van der Waals surface area contributed by atoms with Gasteiger partial charge in [0.05, 0.1) is 18.5 Å². The van der Waals surface area contributed by atoms with Crippen molar-refractivity contribution < 1.29 is 4.79 Å². The second-order valence-corrected chi connectivity index (χ2v) is 5.34. The number of rotatable bonds is 5. The summed E-state index contributed by atoms with van der Waals surface area (Å²) in [6.07, 6.45) is 0.425. The van der Waals surface area contributed by atoms with Gasteiger partial charge in [0, 0.05) is 16.1 Å². The largest absolute Gasteiger partial charge is 0.293 e. The number of benzene rings is 1. The molecular formula is C14H17BrN2O. The van der Waals surface area contributed by atoms with Crippen LogP contribution < -0.4 is 0 Å². The summed E-state index contributed by atoms with van der Waals surface area (Å²) in [5, 5.41) is 8.69. The lowest BCUT2D eigenvalue weighted by atomic mass is 10.0. The number of carbonyl (C=O) groups excluding carboxylic acids is 1. The van der Waals surface area contributed by atoms with Gasteiger partial charge in [0.1, 0.15) is 0 Å². The van der Waals surface area contributed by atoms with Gasteiger partial charge in [-0.2, -0.15) is 5.26 Å². The summed E-state index contributed by atoms with van der Waals surface area (Å²) in [6, 6.07) is 9.32. The maximum atomic E-state index is 12.3. The second-order valence-electron chi connectivity index (χ2n) is 4.42. The van der Waals surface area contributed by atoms with Crippen LogP contribution in [0.5, 0.6) is 0 Å². The van der Waals surface area contributed by atoms with Crippen LogP contribution >= 0.6 is 15.9 Å². The molecule has 1 rings (SSSR count). The van der Waals surface area contributed by atoms with Crippen LogP contribution in [0, 0.1) is 11.3 Å². The van der Waals surface area contributed by atoms with E-state index < -0.39 is 0 Å². The lowest BCUT2D eigenvalue weighted by molar-refractivity contribution is 0.0828. The number of hydrogen-bond acceptors (Lipinski definition) is 3. The van der Waals surface area contributed by atoms with Crippen molar-refractivity contribution >= 4 is 21.7 Å². The first-order valence-corrected chi connectivity index (χ1v) is 6.65. The minimum Gasteiger partial charge on any atom is -0.293 e. The van der Waals surface area contributed by atoms with Crippen molar-refractivity contribution in [1.82, 2.24) is 4.90 Å². The van der Waals surface area contributed by atoms with E-state index in [9.17, 15) is 4.79 Å². The molecule has 0 saturated heterocycles. The highest BCUT2D eigenvalue weighted by Gasteiger charge is 2.22. The highest BCUT2D eigenvalue weighted by atomic mass is 79.9. The number of carbonyl (C=O) groups is 1. The highest BCUT2D eigenvalue weighted by molar-refractivity contribution is 9.10. The summed E-state index contributed by atoms with van der Waals surface area (Å²) in [5.74, 6) is 0.0785. The first kappa shape index (κ1) is 14.9. The Bertz CT molecular complexity index is 450. The maximum absolute atomic E-state index is 12.3. The lowest BCUT2D eigenvalue weighted by Crippen LogP contribution is -2.41. The molecule has 2 atom stereocenters. The molecule has 0 N–H and O–H groups in total. The summed E-state index contributed by atoms with van der Waals surface area (Å²) < 4.78 is 0.956. The van der Waals surface area contributed by atoms with Crippen molar-refractivity contribution in [3.8, 4) is 6.07 Å². The average molecular weight is 309 g/mol. The number of nitriles is 1. The van der Waals surface area contributed by atoms with Gasteiger partial charge in [-0.3, -0.25) is 9.69 Å². The summed E-state index contributed by atoms with van der Waals surface area (Å²) in [5.41, 5.74) is 0.696. The Kier molecular flexibility index (Phi) is 5.52. The number of halogens is 1. The Balaban J connectivity index is 2.78. The molecule has 96 valence electrons. The minimum absolute atomic E-state index is 0.0735. The third kappa shape index (κ3) is 3.66. The Morgan fingerprint density at radius 1 is 1.39 bits per heavy atom. The summed E-state index contributed by atoms with van der Waals surface area (Å²) >= 11 is 3.35. The van der Waals surface area contributed by atoms with Gasteiger partial charge in [0.25, 0.3) is 0 Å². The van der Waals surface area contributed by atoms with Crippen LogP contribution in [-0.2, 0) is 0 Å². The van der Waals surface area contributed by atoms with Crippen LogP contribution in [-0.4, -0.2) is 29.8 Å². The third-order valence-electron chi connectivity index (χ3n) is 3.20. The predicted octanol–water partition coefficient (Wildman–Crippen LogP) is 3.25. The molecule has 0 saturated carbocycles. The van der Waals surface area contributed by atoms with Gasteiger partial charge in [0.15, 0.2) is 5.78 Å². The minimum atomic E-state index is -0.227. The van der Waals surface area contributed by atoms with Gasteiger partial charge in [0.2, 0.25) is 0 Å². The van der Waals surface area contributed by atoms with Gasteiger partial charge in [-0.1, -0.05) is 28.1 Å². The molecule has 1 aromatic rings. The Morgan fingerprint density at radius 3 is 2.44 bits per heavy atom. The van der Waals surface area contributed by atoms with Gasteiger partial charge in [-0.25, -0.2) is 0 Å². The number of ketones is 1. The van der Waals surface area contributed by atoms with E-state index in [1.807, 2.05) is 50.1 Å². The monoisotopic (exact) mass is 308 g/mol. The SMILES string of the molecule is CC(CC#N)N(C)C(C)C(=O)c1ccc(Br)cc1. The molecule has 2 unspecified atom stereocenters. The number of likely N-dealkylation sites (N-methyl/N-ethyl adjacent to an activating group) is 1. The van der Waals surface area contributed by atoms with E-state index in [0.29, 0.717) is 12.0 Å². The molecule has 0 aliphatic rings. The van der Waals surface area contributed by atoms with Crippen LogP contribution in [0.1, 0.15) is 30.6 Å². The molecule has 0 aliphatic carbocycles. The van der Waals surface area contributed by atoms with Gasteiger partial charge < -0.3 is 0 Å². The first-order valence-electron chi connectivity index (χ1n) is 5.86. The smallest absolute Gasteiger partial charge is 0.179 e. The second kappa shape index (κ2) is 6.67. The number of nitrogens with zero attached hydrogens (tertiary/aromatic N) is 2. The fraction of sp³-hybridized carbons (Fsp3) is 0.429. The number of Topliss-reactive ketones (excluding diaryl/α,β-unsaturated/α-hetero) is 1. The Labute approximate surface area is 117 Å². The topological polar surface area (TPSA) is 44.1 Å². The molecule has 0 spiro atoms. The maximum Gasteiger partial charge on any atom is 0.179 e. The van der Waals surface area contributed by atoms with Gasteiger partial charge in [-0.15, -0.1) is 0 Å². The van der Waals surface area contributed by atoms with Crippen molar-refractivity contribution in [2.24, 2.45) is 0 Å². The molecule has 0 amide bonds. The molecule has 4 heteroatoms. The zero-order chi connectivity index (χ0) is 13.7. The summed E-state index contributed by atoms with van der Waals surface area (Å²) in [7, 11) is 1.88. The predicted molar refractivity (Wildman–Crippen MR) is 75.4 cm³/mol.